The minimum absolute atomic E-state index is 0. The molecule has 0 aliphatic rings. The van der Waals surface area contributed by atoms with Crippen molar-refractivity contribution < 1.29 is 10.1 Å². The number of nitriles is 1. The standard InChI is InChI=1S/C14H12N2O.Li/c1-12(10-15)6-4-5-9-16-11-13-7-2-3-8-14(13)17;/h2-9,11,17H,1H2;/q;-1/b6-4-,9-5+,16-11?;. The van der Waals surface area contributed by atoms with Gasteiger partial charge in [0, 0.05) is 17.2 Å². The average molecular weight is 231 g/mol. The molecule has 0 heterocycles. The van der Waals surface area contributed by atoms with Gasteiger partial charge in [0.25, 0.3) is 0 Å². The maximum Gasteiger partial charge on any atom is 0.173 e. The van der Waals surface area contributed by atoms with Gasteiger partial charge >= 0.3 is 0 Å². The summed E-state index contributed by atoms with van der Waals surface area (Å²) in [4.78, 5) is 2.86. The van der Waals surface area contributed by atoms with Gasteiger partial charge in [-0.05, 0) is 12.1 Å². The molecule has 0 aromatic heterocycles. The molecule has 0 aliphatic carbocycles. The van der Waals surface area contributed by atoms with Crippen LogP contribution in [0.3, 0.4) is 0 Å². The third kappa shape index (κ3) is 5.91. The van der Waals surface area contributed by atoms with Gasteiger partial charge in [0.05, 0.1) is 6.07 Å². The molecule has 0 amide bonds. The van der Waals surface area contributed by atoms with Crippen molar-refractivity contribution in [1.82, 2.24) is 0 Å². The Kier molecular flexibility index (Phi) is 8.06. The van der Waals surface area contributed by atoms with Crippen molar-refractivity contribution in [2.75, 3.05) is 0 Å². The third-order valence-electron chi connectivity index (χ3n) is 1.90. The number of allylic oxidation sites excluding steroid dienone is 4. The Morgan fingerprint density at radius 2 is 2.06 bits per heavy atom. The minimum Gasteiger partial charge on any atom is -1.00 e. The number of nitrogens with one attached hydrogen (secondary N) is 1. The van der Waals surface area contributed by atoms with Gasteiger partial charge in [0.2, 0.25) is 0 Å². The van der Waals surface area contributed by atoms with Crippen LogP contribution in [0.15, 0.2) is 60.8 Å². The Hall–Kier alpha value is -2.00. The molecule has 0 atom stereocenters. The largest absolute Gasteiger partial charge is 1.00 e. The van der Waals surface area contributed by atoms with Crippen molar-refractivity contribution in [3.05, 3.63) is 66.4 Å². The smallest absolute Gasteiger partial charge is 0.173 e. The number of rotatable bonds is 4. The van der Waals surface area contributed by atoms with Crippen LogP contribution in [-0.2, 0) is 0 Å². The quantitative estimate of drug-likeness (QED) is 0.344. The zero-order chi connectivity index (χ0) is 12.5. The van der Waals surface area contributed by atoms with Gasteiger partial charge in [-0.1, -0.05) is 36.6 Å². The van der Waals surface area contributed by atoms with E-state index >= 15 is 0 Å². The molecular weight excluding hydrogens is 219 g/mol. The summed E-state index contributed by atoms with van der Waals surface area (Å²) < 4.78 is 0. The van der Waals surface area contributed by atoms with Crippen molar-refractivity contribution in [2.45, 2.75) is 0 Å². The molecule has 0 aliphatic heterocycles. The van der Waals surface area contributed by atoms with Crippen LogP contribution in [0.1, 0.15) is 5.56 Å². The van der Waals surface area contributed by atoms with E-state index in [-0.39, 0.29) is 24.6 Å². The molecule has 1 N–H and O–H groups in total. The summed E-state index contributed by atoms with van der Waals surface area (Å²) in [6, 6.07) is 8.65. The van der Waals surface area contributed by atoms with Crippen LogP contribution in [0.5, 0.6) is 5.75 Å². The predicted octanol–water partition coefficient (Wildman–Crippen LogP) is 0.0286. The van der Waals surface area contributed by atoms with Gasteiger partial charge in [-0.25, -0.2) is 4.99 Å². The number of hydrogen-bond acceptors (Lipinski definition) is 2. The van der Waals surface area contributed by atoms with Gasteiger partial charge in [0.15, 0.2) is 12.4 Å². The Morgan fingerprint density at radius 3 is 2.72 bits per heavy atom. The van der Waals surface area contributed by atoms with E-state index in [2.05, 4.69) is 11.6 Å². The summed E-state index contributed by atoms with van der Waals surface area (Å²) in [5.41, 5.74) is 0.992. The van der Waals surface area contributed by atoms with Gasteiger partial charge in [-0.3, -0.25) is 0 Å². The molecule has 0 saturated heterocycles. The number of hydrogen-bond donors (Lipinski definition) is 1. The monoisotopic (exact) mass is 231 g/mol. The second kappa shape index (κ2) is 9.07. The van der Waals surface area contributed by atoms with E-state index in [1.807, 2.05) is 6.07 Å². The molecular formula is C14H12LiN2O-. The fourth-order valence-electron chi connectivity index (χ4n) is 1.06. The van der Waals surface area contributed by atoms with Crippen LogP contribution < -0.4 is 10.1 Å². The first kappa shape index (κ1) is 16.0. The van der Waals surface area contributed by atoms with Gasteiger partial charge in [0.1, 0.15) is 0 Å². The first-order valence-electron chi connectivity index (χ1n) is 5.01. The summed E-state index contributed by atoms with van der Waals surface area (Å²) in [5.74, 6) is -0.0261. The molecule has 3 nitrogen and oxygen atoms in total. The fraction of sp³-hybridized carbons (Fsp3) is 0. The molecule has 1 aromatic rings. The van der Waals surface area contributed by atoms with Gasteiger partial charge in [-0.15, -0.1) is 0 Å². The van der Waals surface area contributed by atoms with E-state index in [4.69, 9.17) is 5.26 Å². The zero-order valence-corrected chi connectivity index (χ0v) is 10.3. The van der Waals surface area contributed by atoms with Crippen molar-refractivity contribution in [1.29, 1.82) is 5.26 Å². The Morgan fingerprint density at radius 1 is 1.33 bits per heavy atom. The number of nitrogens with zero attached hydrogens (tertiary/aromatic N) is 1. The summed E-state index contributed by atoms with van der Waals surface area (Å²) >= 11 is 0. The number of benzene rings is 1. The van der Waals surface area contributed by atoms with Crippen LogP contribution in [0.2, 0.25) is 0 Å². The average Bonchev–Trinajstić information content (AvgIpc) is 2.35. The Balaban J connectivity index is 0.00000289. The molecule has 0 bridgehead atoms. The van der Waals surface area contributed by atoms with Crippen LogP contribution in [0.4, 0.5) is 0 Å². The van der Waals surface area contributed by atoms with E-state index < -0.39 is 0 Å². The molecule has 0 saturated carbocycles. The molecule has 18 heavy (non-hydrogen) atoms. The van der Waals surface area contributed by atoms with E-state index in [0.717, 1.165) is 0 Å². The second-order valence-electron chi connectivity index (χ2n) is 3.20. The van der Waals surface area contributed by atoms with Crippen molar-refractivity contribution in [2.24, 2.45) is 0 Å². The number of para-hydroxylation sites is 1. The van der Waals surface area contributed by atoms with Crippen molar-refractivity contribution >= 4 is 25.1 Å². The topological polar surface area (TPSA) is 60.8 Å². The van der Waals surface area contributed by atoms with E-state index in [0.29, 0.717) is 11.1 Å². The molecule has 0 spiro atoms. The molecule has 86 valence electrons. The predicted molar refractivity (Wildman–Crippen MR) is 70.8 cm³/mol. The maximum absolute atomic E-state index is 11.3. The van der Waals surface area contributed by atoms with Gasteiger partial charge < -0.3 is 24.0 Å². The minimum atomic E-state index is -0.0261. The fourth-order valence-corrected chi connectivity index (χ4v) is 1.06. The summed E-state index contributed by atoms with van der Waals surface area (Å²) in [7, 11) is 0. The van der Waals surface area contributed by atoms with E-state index in [1.54, 1.807) is 48.8 Å². The van der Waals surface area contributed by atoms with E-state index in [9.17, 15) is 5.11 Å². The van der Waals surface area contributed by atoms with Crippen molar-refractivity contribution in [3.63, 3.8) is 0 Å². The molecule has 2 radical (unpaired) electrons. The Labute approximate surface area is 119 Å². The van der Waals surface area contributed by atoms with Crippen LogP contribution in [-0.4, -0.2) is 25.1 Å². The van der Waals surface area contributed by atoms with Gasteiger partial charge in [-0.2, -0.15) is 5.26 Å². The van der Waals surface area contributed by atoms with E-state index in [1.165, 1.54) is 6.07 Å². The van der Waals surface area contributed by atoms with Crippen LogP contribution in [0, 0.1) is 11.3 Å². The summed E-state index contributed by atoms with van der Waals surface area (Å²) in [6.45, 7) is 3.50. The normalized spacial score (nSPS) is 10.6. The molecule has 0 unspecified atom stereocenters. The van der Waals surface area contributed by atoms with Crippen LogP contribution >= 0.6 is 0 Å². The Bertz CT molecular complexity index is 525. The maximum atomic E-state index is 11.3. The second-order valence-corrected chi connectivity index (χ2v) is 3.20. The van der Waals surface area contributed by atoms with Crippen molar-refractivity contribution in [3.8, 4) is 11.8 Å². The SMILES string of the molecule is C=C(C#N)/C=C\C=C\[NH+]=Cc1ccccc1[O-].[Li-]. The summed E-state index contributed by atoms with van der Waals surface area (Å²) in [6.07, 6.45) is 8.28. The molecule has 1 rings (SSSR count). The zero-order valence-electron chi connectivity index (χ0n) is 10.3. The molecule has 1 aromatic carbocycles. The van der Waals surface area contributed by atoms with Crippen LogP contribution in [0.25, 0.3) is 0 Å². The summed E-state index contributed by atoms with van der Waals surface area (Å²) in [5, 5.41) is 19.7. The first-order valence-corrected chi connectivity index (χ1v) is 5.01. The molecule has 4 heteroatoms. The first-order chi connectivity index (χ1) is 8.24. The molecule has 0 fully saturated rings. The third-order valence-corrected chi connectivity index (χ3v) is 1.90.